The normalized spacial score (nSPS) is 21.2. The van der Waals surface area contributed by atoms with Gasteiger partial charge in [0.2, 0.25) is 11.8 Å². The highest BCUT2D eigenvalue weighted by Crippen LogP contribution is 2.38. The van der Waals surface area contributed by atoms with E-state index in [0.717, 1.165) is 31.2 Å². The highest BCUT2D eigenvalue weighted by molar-refractivity contribution is 5.80. The van der Waals surface area contributed by atoms with Gasteiger partial charge < -0.3 is 9.80 Å². The third-order valence-corrected chi connectivity index (χ3v) is 5.59. The second-order valence-corrected chi connectivity index (χ2v) is 6.83. The van der Waals surface area contributed by atoms with Crippen LogP contribution in [0.25, 0.3) is 0 Å². The molecule has 1 aromatic rings. The molecule has 3 rings (SSSR count). The van der Waals surface area contributed by atoms with Gasteiger partial charge >= 0.3 is 0 Å². The molecule has 0 bridgehead atoms. The zero-order valence-corrected chi connectivity index (χ0v) is 14.3. The second kappa shape index (κ2) is 6.27. The summed E-state index contributed by atoms with van der Waals surface area (Å²) in [6.45, 7) is 2.19. The number of hydrogen-bond donors (Lipinski definition) is 0. The van der Waals surface area contributed by atoms with Crippen LogP contribution in [0.5, 0.6) is 0 Å². The summed E-state index contributed by atoms with van der Waals surface area (Å²) in [5, 5.41) is 9.45. The van der Waals surface area contributed by atoms with E-state index in [1.807, 2.05) is 18.2 Å². The molecule has 0 radical (unpaired) electrons. The van der Waals surface area contributed by atoms with E-state index in [0.29, 0.717) is 6.54 Å². The van der Waals surface area contributed by atoms with Crippen LogP contribution >= 0.6 is 0 Å². The number of carbonyl (C=O) groups excluding carboxylic acids is 2. The first-order valence-corrected chi connectivity index (χ1v) is 8.51. The van der Waals surface area contributed by atoms with Gasteiger partial charge in [0.1, 0.15) is 5.54 Å². The lowest BCUT2D eigenvalue weighted by Crippen LogP contribution is -2.54. The minimum atomic E-state index is -0.647. The monoisotopic (exact) mass is 325 g/mol. The minimum Gasteiger partial charge on any atom is -0.335 e. The summed E-state index contributed by atoms with van der Waals surface area (Å²) in [6, 6.07) is 10.1. The van der Waals surface area contributed by atoms with E-state index in [1.165, 1.54) is 5.56 Å². The Morgan fingerprint density at radius 3 is 2.67 bits per heavy atom. The molecule has 1 heterocycles. The van der Waals surface area contributed by atoms with Crippen molar-refractivity contribution in [1.82, 2.24) is 9.80 Å². The van der Waals surface area contributed by atoms with Crippen molar-refractivity contribution >= 4 is 11.8 Å². The minimum absolute atomic E-state index is 0.0106. The summed E-state index contributed by atoms with van der Waals surface area (Å²) in [7, 11) is 1.72. The first-order chi connectivity index (χ1) is 11.5. The molecule has 2 amide bonds. The van der Waals surface area contributed by atoms with Gasteiger partial charge in [-0.3, -0.25) is 9.59 Å². The van der Waals surface area contributed by atoms with E-state index in [1.54, 1.807) is 23.8 Å². The number of fused-ring (bicyclic) bond motifs is 1. The molecule has 0 N–H and O–H groups in total. The lowest BCUT2D eigenvalue weighted by molar-refractivity contribution is -0.140. The van der Waals surface area contributed by atoms with Crippen LogP contribution in [0, 0.1) is 11.3 Å². The zero-order valence-electron chi connectivity index (χ0n) is 14.3. The smallest absolute Gasteiger partial charge is 0.226 e. The first kappa shape index (κ1) is 16.5. The van der Waals surface area contributed by atoms with E-state index in [-0.39, 0.29) is 24.3 Å². The molecule has 0 aromatic heterocycles. The molecule has 1 aliphatic carbocycles. The zero-order chi connectivity index (χ0) is 17.3. The van der Waals surface area contributed by atoms with Crippen LogP contribution in [-0.4, -0.2) is 40.7 Å². The number of rotatable bonds is 3. The summed E-state index contributed by atoms with van der Waals surface area (Å²) in [6.07, 6.45) is 3.51. The van der Waals surface area contributed by atoms with Crippen LogP contribution in [0.2, 0.25) is 0 Å². The predicted molar refractivity (Wildman–Crippen MR) is 89.9 cm³/mol. The molecular formula is C19H23N3O2. The van der Waals surface area contributed by atoms with Crippen molar-refractivity contribution in [3.8, 4) is 6.07 Å². The Kier molecular flexibility index (Phi) is 4.31. The number of carbonyl (C=O) groups is 2. The van der Waals surface area contributed by atoms with Crippen LogP contribution in [0.3, 0.4) is 0 Å². The Morgan fingerprint density at radius 2 is 2.08 bits per heavy atom. The number of nitriles is 1. The van der Waals surface area contributed by atoms with Gasteiger partial charge in [-0.1, -0.05) is 24.3 Å². The third kappa shape index (κ3) is 2.66. The van der Waals surface area contributed by atoms with Crippen molar-refractivity contribution in [1.29, 1.82) is 5.26 Å². The summed E-state index contributed by atoms with van der Waals surface area (Å²) < 4.78 is 0. The van der Waals surface area contributed by atoms with Crippen LogP contribution in [0.15, 0.2) is 24.3 Å². The van der Waals surface area contributed by atoms with Gasteiger partial charge in [0, 0.05) is 20.5 Å². The quantitative estimate of drug-likeness (QED) is 0.857. The van der Waals surface area contributed by atoms with Gasteiger partial charge in [-0.05, 0) is 36.8 Å². The molecule has 2 aliphatic rings. The van der Waals surface area contributed by atoms with Gasteiger partial charge in [0.25, 0.3) is 0 Å². The summed E-state index contributed by atoms with van der Waals surface area (Å²) >= 11 is 0. The molecule has 126 valence electrons. The van der Waals surface area contributed by atoms with Crippen LogP contribution in [-0.2, 0) is 16.0 Å². The fraction of sp³-hybridized carbons (Fsp3) is 0.526. The van der Waals surface area contributed by atoms with E-state index in [9.17, 15) is 14.9 Å². The molecular weight excluding hydrogens is 302 g/mol. The molecule has 1 aromatic carbocycles. The molecule has 1 unspecified atom stereocenters. The maximum atomic E-state index is 12.8. The summed E-state index contributed by atoms with van der Waals surface area (Å²) in [5.74, 6) is -0.0761. The van der Waals surface area contributed by atoms with Gasteiger partial charge in [0.05, 0.1) is 18.5 Å². The van der Waals surface area contributed by atoms with E-state index in [4.69, 9.17) is 0 Å². The predicted octanol–water partition coefficient (Wildman–Crippen LogP) is 2.43. The highest BCUT2D eigenvalue weighted by atomic mass is 16.2. The standard InChI is InChI=1S/C19H23N3O2/c1-14(23)22-11-8-15-6-3-4-7-16(15)17(22)12-18(24)21(2)19(13-20)9-5-10-19/h3-4,6-7,17H,5,8-12H2,1-2H3. The lowest BCUT2D eigenvalue weighted by Gasteiger charge is -2.44. The van der Waals surface area contributed by atoms with Crippen molar-refractivity contribution in [2.75, 3.05) is 13.6 Å². The number of benzene rings is 1. The SMILES string of the molecule is CC(=O)N1CCc2ccccc2C1CC(=O)N(C)C1(C#N)CCC1. The van der Waals surface area contributed by atoms with Crippen LogP contribution in [0.4, 0.5) is 0 Å². The van der Waals surface area contributed by atoms with Crippen LogP contribution < -0.4 is 0 Å². The number of nitrogens with zero attached hydrogens (tertiary/aromatic N) is 3. The Labute approximate surface area is 142 Å². The van der Waals surface area contributed by atoms with Crippen molar-refractivity contribution < 1.29 is 9.59 Å². The largest absolute Gasteiger partial charge is 0.335 e. The van der Waals surface area contributed by atoms with Gasteiger partial charge in [0.15, 0.2) is 0 Å². The molecule has 0 saturated heterocycles. The Balaban J connectivity index is 1.85. The second-order valence-electron chi connectivity index (χ2n) is 6.83. The summed E-state index contributed by atoms with van der Waals surface area (Å²) in [5.41, 5.74) is 1.61. The van der Waals surface area contributed by atoms with Gasteiger partial charge in [-0.25, -0.2) is 0 Å². The van der Waals surface area contributed by atoms with E-state index < -0.39 is 5.54 Å². The lowest BCUT2D eigenvalue weighted by atomic mass is 9.76. The van der Waals surface area contributed by atoms with E-state index >= 15 is 0 Å². The number of amides is 2. The molecule has 1 fully saturated rings. The van der Waals surface area contributed by atoms with Gasteiger partial charge in [-0.2, -0.15) is 5.26 Å². The Hall–Kier alpha value is -2.35. The van der Waals surface area contributed by atoms with Crippen molar-refractivity contribution in [2.24, 2.45) is 0 Å². The van der Waals surface area contributed by atoms with Crippen molar-refractivity contribution in [3.63, 3.8) is 0 Å². The molecule has 24 heavy (non-hydrogen) atoms. The van der Waals surface area contributed by atoms with Crippen LogP contribution in [0.1, 0.15) is 49.8 Å². The van der Waals surface area contributed by atoms with E-state index in [2.05, 4.69) is 12.1 Å². The molecule has 5 nitrogen and oxygen atoms in total. The fourth-order valence-electron chi connectivity index (χ4n) is 3.82. The topological polar surface area (TPSA) is 64.4 Å². The highest BCUT2D eigenvalue weighted by Gasteiger charge is 2.44. The summed E-state index contributed by atoms with van der Waals surface area (Å²) in [4.78, 5) is 28.3. The van der Waals surface area contributed by atoms with Gasteiger partial charge in [-0.15, -0.1) is 0 Å². The first-order valence-electron chi connectivity index (χ1n) is 8.51. The number of hydrogen-bond acceptors (Lipinski definition) is 3. The average Bonchev–Trinajstić information content (AvgIpc) is 2.54. The van der Waals surface area contributed by atoms with Crippen molar-refractivity contribution in [3.05, 3.63) is 35.4 Å². The Bertz CT molecular complexity index is 703. The fourth-order valence-corrected chi connectivity index (χ4v) is 3.82. The molecule has 1 atom stereocenters. The molecule has 5 heteroatoms. The molecule has 0 spiro atoms. The maximum Gasteiger partial charge on any atom is 0.226 e. The average molecular weight is 325 g/mol. The Morgan fingerprint density at radius 1 is 1.38 bits per heavy atom. The molecule has 1 aliphatic heterocycles. The van der Waals surface area contributed by atoms with Crippen molar-refractivity contribution in [2.45, 2.75) is 50.6 Å². The maximum absolute atomic E-state index is 12.8. The third-order valence-electron chi connectivity index (χ3n) is 5.59. The molecule has 1 saturated carbocycles.